The van der Waals surface area contributed by atoms with Crippen LogP contribution in [0.4, 0.5) is 10.3 Å². The summed E-state index contributed by atoms with van der Waals surface area (Å²) in [7, 11) is 0. The molecule has 5 rings (SSSR count). The molecule has 32 heavy (non-hydrogen) atoms. The van der Waals surface area contributed by atoms with Crippen molar-refractivity contribution in [1.82, 2.24) is 14.9 Å². The highest BCUT2D eigenvalue weighted by Gasteiger charge is 2.46. The third-order valence-electron chi connectivity index (χ3n) is 6.69. The number of likely N-dealkylation sites (tertiary alicyclic amines) is 1. The van der Waals surface area contributed by atoms with Crippen molar-refractivity contribution in [3.63, 3.8) is 0 Å². The minimum atomic E-state index is -0.566. The van der Waals surface area contributed by atoms with Gasteiger partial charge in [-0.2, -0.15) is 0 Å². The van der Waals surface area contributed by atoms with Crippen molar-refractivity contribution in [2.24, 2.45) is 11.1 Å². The fraction of sp³-hybridized carbons (Fsp3) is 0.478. The van der Waals surface area contributed by atoms with Crippen LogP contribution < -0.4 is 4.90 Å². The predicted molar refractivity (Wildman–Crippen MR) is 120 cm³/mol. The molecule has 4 heterocycles. The topological polar surface area (TPSA) is 70.9 Å². The van der Waals surface area contributed by atoms with Crippen LogP contribution in [-0.4, -0.2) is 52.2 Å². The summed E-state index contributed by atoms with van der Waals surface area (Å²) in [6.45, 7) is 7.73. The van der Waals surface area contributed by atoms with Crippen LogP contribution in [0.25, 0.3) is 0 Å². The second-order valence-electron chi connectivity index (χ2n) is 8.85. The first kappa shape index (κ1) is 21.1. The number of fused-ring (bicyclic) bond motifs is 1. The van der Waals surface area contributed by atoms with E-state index in [-0.39, 0.29) is 11.9 Å². The Labute approximate surface area is 191 Å². The van der Waals surface area contributed by atoms with E-state index in [4.69, 9.17) is 16.4 Å². The molecule has 7 nitrogen and oxygen atoms in total. The third kappa shape index (κ3) is 3.50. The zero-order chi connectivity index (χ0) is 22.6. The van der Waals surface area contributed by atoms with Crippen LogP contribution in [0.2, 0.25) is 5.02 Å². The first-order valence-corrected chi connectivity index (χ1v) is 11.3. The number of aryl methyl sites for hydroxylation is 2. The molecule has 3 atom stereocenters. The fourth-order valence-corrected chi connectivity index (χ4v) is 4.98. The van der Waals surface area contributed by atoms with Gasteiger partial charge >= 0.3 is 0 Å². The van der Waals surface area contributed by atoms with Gasteiger partial charge in [0, 0.05) is 43.1 Å². The van der Waals surface area contributed by atoms with Gasteiger partial charge in [-0.15, -0.1) is 0 Å². The Hall–Kier alpha value is -2.74. The summed E-state index contributed by atoms with van der Waals surface area (Å²) in [6, 6.07) is 4.66. The van der Waals surface area contributed by atoms with Gasteiger partial charge < -0.3 is 14.6 Å². The lowest BCUT2D eigenvalue weighted by Crippen LogP contribution is -2.66. The van der Waals surface area contributed by atoms with E-state index in [0.717, 1.165) is 30.1 Å². The molecule has 168 valence electrons. The molecule has 1 unspecified atom stereocenters. The molecule has 1 aromatic heterocycles. The van der Waals surface area contributed by atoms with Crippen molar-refractivity contribution in [3.05, 3.63) is 51.6 Å². The Morgan fingerprint density at radius 3 is 2.62 bits per heavy atom. The molecule has 0 aliphatic carbocycles. The van der Waals surface area contributed by atoms with Crippen LogP contribution >= 0.6 is 11.6 Å². The van der Waals surface area contributed by atoms with Gasteiger partial charge in [-0.3, -0.25) is 4.79 Å². The maximum absolute atomic E-state index is 14.8. The van der Waals surface area contributed by atoms with E-state index in [0.29, 0.717) is 47.5 Å². The molecule has 1 amide bonds. The minimum Gasteiger partial charge on any atom is -0.387 e. The maximum atomic E-state index is 14.8. The largest absolute Gasteiger partial charge is 0.387 e. The first-order chi connectivity index (χ1) is 15.3. The number of amides is 1. The number of benzene rings is 1. The standard InChI is InChI=1S/C23H25ClFN5O2/c1-12-9-19(32-28-12)20-16(5-4-6-17(20)25)22(31)30-10-15-7-8-29(11-18(15)30)23-26-13(2)21(24)14(3)27-23/h4-6,15,18-19H,7-11H2,1-3H3/t15-,18-,19?/m1/s1. The lowest BCUT2D eigenvalue weighted by molar-refractivity contribution is 0.00692. The average Bonchev–Trinajstić information content (AvgIpc) is 3.18. The van der Waals surface area contributed by atoms with Gasteiger partial charge in [-0.1, -0.05) is 22.8 Å². The van der Waals surface area contributed by atoms with Gasteiger partial charge in [0.1, 0.15) is 5.82 Å². The summed E-state index contributed by atoms with van der Waals surface area (Å²) in [5.41, 5.74) is 2.93. The van der Waals surface area contributed by atoms with Crippen LogP contribution in [0, 0.1) is 25.6 Å². The molecule has 2 aromatic rings. The van der Waals surface area contributed by atoms with Crippen molar-refractivity contribution < 1.29 is 14.0 Å². The number of rotatable bonds is 3. The molecular formula is C23H25ClFN5O2. The van der Waals surface area contributed by atoms with Crippen molar-refractivity contribution in [2.45, 2.75) is 45.8 Å². The highest BCUT2D eigenvalue weighted by molar-refractivity contribution is 6.31. The number of carbonyl (C=O) groups excluding carboxylic acids is 1. The van der Waals surface area contributed by atoms with E-state index in [9.17, 15) is 9.18 Å². The lowest BCUT2D eigenvalue weighted by Gasteiger charge is -2.53. The van der Waals surface area contributed by atoms with Crippen molar-refractivity contribution in [3.8, 4) is 0 Å². The van der Waals surface area contributed by atoms with Gasteiger partial charge in [0.15, 0.2) is 6.10 Å². The van der Waals surface area contributed by atoms with Gasteiger partial charge in [-0.05, 0) is 39.3 Å². The number of anilines is 1. The number of aromatic nitrogens is 2. The zero-order valence-corrected chi connectivity index (χ0v) is 19.1. The molecule has 1 aromatic carbocycles. The highest BCUT2D eigenvalue weighted by atomic mass is 35.5. The van der Waals surface area contributed by atoms with Crippen molar-refractivity contribution >= 4 is 29.2 Å². The zero-order valence-electron chi connectivity index (χ0n) is 18.3. The van der Waals surface area contributed by atoms with Crippen LogP contribution in [0.1, 0.15) is 53.2 Å². The lowest BCUT2D eigenvalue weighted by atomic mass is 9.81. The average molecular weight is 458 g/mol. The fourth-order valence-electron chi connectivity index (χ4n) is 4.89. The smallest absolute Gasteiger partial charge is 0.254 e. The molecule has 0 saturated carbocycles. The van der Waals surface area contributed by atoms with E-state index in [1.165, 1.54) is 6.07 Å². The molecule has 0 spiro atoms. The maximum Gasteiger partial charge on any atom is 0.254 e. The van der Waals surface area contributed by atoms with E-state index >= 15 is 0 Å². The Morgan fingerprint density at radius 1 is 1.19 bits per heavy atom. The Morgan fingerprint density at radius 2 is 1.94 bits per heavy atom. The normalized spacial score (nSPS) is 24.5. The predicted octanol–water partition coefficient (Wildman–Crippen LogP) is 4.07. The molecule has 0 N–H and O–H groups in total. The third-order valence-corrected chi connectivity index (χ3v) is 7.24. The van der Waals surface area contributed by atoms with Crippen molar-refractivity contribution in [2.75, 3.05) is 24.5 Å². The minimum absolute atomic E-state index is 0.0368. The van der Waals surface area contributed by atoms with Crippen LogP contribution in [0.3, 0.4) is 0 Å². The van der Waals surface area contributed by atoms with Crippen molar-refractivity contribution in [1.29, 1.82) is 0 Å². The monoisotopic (exact) mass is 457 g/mol. The Bertz CT molecular complexity index is 1100. The number of oxime groups is 1. The first-order valence-electron chi connectivity index (χ1n) is 10.9. The molecule has 0 radical (unpaired) electrons. The highest BCUT2D eigenvalue weighted by Crippen LogP contribution is 2.38. The summed E-state index contributed by atoms with van der Waals surface area (Å²) in [6.07, 6.45) is 0.865. The molecule has 3 aliphatic rings. The number of carbonyl (C=O) groups is 1. The number of piperidine rings is 1. The number of hydrogen-bond donors (Lipinski definition) is 0. The Balaban J connectivity index is 1.37. The molecule has 0 bridgehead atoms. The van der Waals surface area contributed by atoms with Gasteiger partial charge in [0.25, 0.3) is 5.91 Å². The summed E-state index contributed by atoms with van der Waals surface area (Å²) in [5, 5.41) is 4.52. The molecule has 2 saturated heterocycles. The number of nitrogens with zero attached hydrogens (tertiary/aromatic N) is 5. The second-order valence-corrected chi connectivity index (χ2v) is 9.23. The number of halogens is 2. The Kier molecular flexibility index (Phi) is 5.28. The van der Waals surface area contributed by atoms with Gasteiger partial charge in [0.2, 0.25) is 5.95 Å². The van der Waals surface area contributed by atoms with E-state index in [2.05, 4.69) is 20.0 Å². The summed E-state index contributed by atoms with van der Waals surface area (Å²) >= 11 is 6.23. The summed E-state index contributed by atoms with van der Waals surface area (Å²) in [5.74, 6) is 0.462. The second kappa shape index (κ2) is 7.99. The van der Waals surface area contributed by atoms with Crippen LogP contribution in [-0.2, 0) is 4.84 Å². The van der Waals surface area contributed by atoms with Crippen LogP contribution in [0.5, 0.6) is 0 Å². The molecule has 3 aliphatic heterocycles. The molecular weight excluding hydrogens is 433 g/mol. The number of hydrogen-bond acceptors (Lipinski definition) is 6. The van der Waals surface area contributed by atoms with E-state index in [1.807, 2.05) is 25.7 Å². The van der Waals surface area contributed by atoms with E-state index in [1.54, 1.807) is 12.1 Å². The summed E-state index contributed by atoms with van der Waals surface area (Å²) < 4.78 is 14.8. The van der Waals surface area contributed by atoms with Gasteiger partial charge in [0.05, 0.1) is 28.2 Å². The molecule has 2 fully saturated rings. The summed E-state index contributed by atoms with van der Waals surface area (Å²) in [4.78, 5) is 32.0. The van der Waals surface area contributed by atoms with E-state index < -0.39 is 11.9 Å². The molecule has 9 heteroatoms. The van der Waals surface area contributed by atoms with Gasteiger partial charge in [-0.25, -0.2) is 14.4 Å². The quantitative estimate of drug-likeness (QED) is 0.694. The van der Waals surface area contributed by atoms with Crippen LogP contribution in [0.15, 0.2) is 23.4 Å². The SMILES string of the molecule is CC1=NOC(c2c(F)cccc2C(=O)N2C[C@H]3CCN(c4nc(C)c(Cl)c(C)n4)C[C@H]32)C1.